The molecule has 2 heterocycles. The molecule has 0 atom stereocenters. The monoisotopic (exact) mass is 255 g/mol. The first-order valence-electron chi connectivity index (χ1n) is 4.68. The van der Waals surface area contributed by atoms with E-state index in [1.54, 1.807) is 22.1 Å². The summed E-state index contributed by atoms with van der Waals surface area (Å²) in [7, 11) is 0. The number of hydrogen-bond acceptors (Lipinski definition) is 2. The normalized spacial score (nSPS) is 10.6. The van der Waals surface area contributed by atoms with Crippen LogP contribution in [0, 0.1) is 6.92 Å². The van der Waals surface area contributed by atoms with E-state index < -0.39 is 5.97 Å². The van der Waals surface area contributed by atoms with Crippen molar-refractivity contribution < 1.29 is 9.90 Å². The Morgan fingerprint density at radius 2 is 2.31 bits per heavy atom. The van der Waals surface area contributed by atoms with Gasteiger partial charge in [-0.3, -0.25) is 0 Å². The van der Waals surface area contributed by atoms with E-state index in [2.05, 4.69) is 0 Å². The van der Waals surface area contributed by atoms with Gasteiger partial charge in [0.2, 0.25) is 0 Å². The quantitative estimate of drug-likeness (QED) is 0.915. The smallest absolute Gasteiger partial charge is 0.352 e. The minimum absolute atomic E-state index is 0.218. The number of rotatable bonds is 3. The zero-order chi connectivity index (χ0) is 11.7. The third-order valence-corrected chi connectivity index (χ3v) is 3.50. The van der Waals surface area contributed by atoms with Gasteiger partial charge >= 0.3 is 5.97 Å². The zero-order valence-electron chi connectivity index (χ0n) is 8.61. The largest absolute Gasteiger partial charge is 0.477 e. The van der Waals surface area contributed by atoms with Crippen molar-refractivity contribution in [2.45, 2.75) is 13.5 Å². The molecular weight excluding hydrogens is 246 g/mol. The van der Waals surface area contributed by atoms with Crippen LogP contribution in [0.2, 0.25) is 5.02 Å². The molecule has 2 aromatic rings. The molecule has 0 radical (unpaired) electrons. The van der Waals surface area contributed by atoms with Crippen LogP contribution in [0.25, 0.3) is 0 Å². The maximum Gasteiger partial charge on any atom is 0.352 e. The van der Waals surface area contributed by atoms with Gasteiger partial charge in [-0.15, -0.1) is 0 Å². The fourth-order valence-electron chi connectivity index (χ4n) is 1.52. The number of nitrogens with zero attached hydrogens (tertiary/aromatic N) is 1. The van der Waals surface area contributed by atoms with Crippen LogP contribution >= 0.6 is 22.9 Å². The molecule has 0 amide bonds. The Hall–Kier alpha value is -1.26. The van der Waals surface area contributed by atoms with Crippen LogP contribution in [-0.4, -0.2) is 15.6 Å². The fraction of sp³-hybridized carbons (Fsp3) is 0.182. The Kier molecular flexibility index (Phi) is 3.03. The summed E-state index contributed by atoms with van der Waals surface area (Å²) >= 11 is 7.42. The van der Waals surface area contributed by atoms with Crippen molar-refractivity contribution in [1.29, 1.82) is 0 Å². The van der Waals surface area contributed by atoms with E-state index in [0.717, 1.165) is 5.56 Å². The molecule has 2 aromatic heterocycles. The van der Waals surface area contributed by atoms with Gasteiger partial charge in [-0.1, -0.05) is 11.6 Å². The van der Waals surface area contributed by atoms with E-state index in [1.807, 2.05) is 17.7 Å². The Bertz CT molecular complexity index is 530. The number of carboxylic acid groups (broad SMARTS) is 1. The summed E-state index contributed by atoms with van der Waals surface area (Å²) < 4.78 is 1.65. The van der Waals surface area contributed by atoms with Crippen molar-refractivity contribution in [2.24, 2.45) is 0 Å². The van der Waals surface area contributed by atoms with E-state index in [-0.39, 0.29) is 5.69 Å². The predicted molar refractivity (Wildman–Crippen MR) is 64.6 cm³/mol. The van der Waals surface area contributed by atoms with Crippen molar-refractivity contribution in [1.82, 2.24) is 4.57 Å². The van der Waals surface area contributed by atoms with Gasteiger partial charge < -0.3 is 9.67 Å². The number of carboxylic acids is 1. The minimum atomic E-state index is -0.959. The van der Waals surface area contributed by atoms with Gasteiger partial charge in [0.1, 0.15) is 5.69 Å². The van der Waals surface area contributed by atoms with Gasteiger partial charge in [-0.05, 0) is 34.9 Å². The molecule has 0 aliphatic rings. The third-order valence-electron chi connectivity index (χ3n) is 2.38. The van der Waals surface area contributed by atoms with Gasteiger partial charge in [0.05, 0.1) is 5.02 Å². The second kappa shape index (κ2) is 4.31. The van der Waals surface area contributed by atoms with Gasteiger partial charge in [0, 0.05) is 12.7 Å². The lowest BCUT2D eigenvalue weighted by atomic mass is 10.2. The lowest BCUT2D eigenvalue weighted by molar-refractivity contribution is 0.0685. The zero-order valence-corrected chi connectivity index (χ0v) is 10.2. The van der Waals surface area contributed by atoms with E-state index in [9.17, 15) is 4.79 Å². The molecule has 1 N–H and O–H groups in total. The summed E-state index contributed by atoms with van der Waals surface area (Å²) in [6.45, 7) is 2.56. The average molecular weight is 256 g/mol. The van der Waals surface area contributed by atoms with E-state index >= 15 is 0 Å². The molecule has 5 heteroatoms. The van der Waals surface area contributed by atoms with Crippen LogP contribution in [0.5, 0.6) is 0 Å². The van der Waals surface area contributed by atoms with Crippen LogP contribution in [0.3, 0.4) is 0 Å². The Morgan fingerprint density at radius 3 is 2.88 bits per heavy atom. The topological polar surface area (TPSA) is 42.2 Å². The predicted octanol–water partition coefficient (Wildman–Crippen LogP) is 3.26. The molecule has 0 unspecified atom stereocenters. The number of hydrogen-bond donors (Lipinski definition) is 1. The van der Waals surface area contributed by atoms with Crippen LogP contribution in [0.1, 0.15) is 21.6 Å². The highest BCUT2D eigenvalue weighted by Crippen LogP contribution is 2.19. The highest BCUT2D eigenvalue weighted by molar-refractivity contribution is 7.08. The first-order valence-corrected chi connectivity index (χ1v) is 6.00. The molecule has 84 valence electrons. The van der Waals surface area contributed by atoms with Gasteiger partial charge in [-0.2, -0.15) is 11.3 Å². The second-order valence-corrected chi connectivity index (χ2v) is 4.74. The van der Waals surface area contributed by atoms with Crippen molar-refractivity contribution in [2.75, 3.05) is 0 Å². The number of thiophene rings is 1. The minimum Gasteiger partial charge on any atom is -0.477 e. The van der Waals surface area contributed by atoms with Crippen LogP contribution in [-0.2, 0) is 6.54 Å². The van der Waals surface area contributed by atoms with Crippen molar-refractivity contribution in [3.05, 3.63) is 44.9 Å². The molecule has 0 bridgehead atoms. The van der Waals surface area contributed by atoms with Crippen molar-refractivity contribution in [3.63, 3.8) is 0 Å². The first kappa shape index (κ1) is 11.2. The molecule has 0 spiro atoms. The molecule has 0 saturated heterocycles. The lowest BCUT2D eigenvalue weighted by Crippen LogP contribution is -2.08. The van der Waals surface area contributed by atoms with Crippen LogP contribution < -0.4 is 0 Å². The Balaban J connectivity index is 2.34. The number of carbonyl (C=O) groups is 1. The molecule has 2 rings (SSSR count). The molecule has 3 nitrogen and oxygen atoms in total. The Morgan fingerprint density at radius 1 is 1.56 bits per heavy atom. The first-order chi connectivity index (χ1) is 7.58. The van der Waals surface area contributed by atoms with Crippen molar-refractivity contribution >= 4 is 28.9 Å². The summed E-state index contributed by atoms with van der Waals surface area (Å²) in [5, 5.41) is 13.5. The van der Waals surface area contributed by atoms with Gasteiger partial charge in [-0.25, -0.2) is 4.79 Å². The maximum absolute atomic E-state index is 11.0. The second-order valence-electron chi connectivity index (χ2n) is 3.56. The van der Waals surface area contributed by atoms with Crippen molar-refractivity contribution in [3.8, 4) is 0 Å². The molecule has 0 aromatic carbocycles. The number of aromatic nitrogens is 1. The summed E-state index contributed by atoms with van der Waals surface area (Å²) in [5.41, 5.74) is 2.52. The number of aryl methyl sites for hydroxylation is 1. The van der Waals surface area contributed by atoms with Gasteiger partial charge in [0.15, 0.2) is 0 Å². The van der Waals surface area contributed by atoms with Crippen LogP contribution in [0.4, 0.5) is 0 Å². The van der Waals surface area contributed by atoms with Gasteiger partial charge in [0.25, 0.3) is 0 Å². The molecule has 16 heavy (non-hydrogen) atoms. The third kappa shape index (κ3) is 2.13. The van der Waals surface area contributed by atoms with E-state index in [4.69, 9.17) is 16.7 Å². The van der Waals surface area contributed by atoms with E-state index in [1.165, 1.54) is 11.6 Å². The lowest BCUT2D eigenvalue weighted by Gasteiger charge is -2.05. The van der Waals surface area contributed by atoms with Crippen LogP contribution in [0.15, 0.2) is 23.0 Å². The maximum atomic E-state index is 11.0. The summed E-state index contributed by atoms with van der Waals surface area (Å²) in [5.74, 6) is -0.959. The standard InChI is InChI=1S/C11H10ClNO2S/c1-7-5-16-6-8(7)3-13-4-9(12)2-10(13)11(14)15/h2,4-6H,3H2,1H3,(H,14,15). The molecule has 0 aliphatic carbocycles. The average Bonchev–Trinajstić information content (AvgIpc) is 2.75. The molecule has 0 aliphatic heterocycles. The fourth-order valence-corrected chi connectivity index (χ4v) is 2.59. The summed E-state index contributed by atoms with van der Waals surface area (Å²) in [4.78, 5) is 11.0. The highest BCUT2D eigenvalue weighted by Gasteiger charge is 2.12. The molecule has 0 saturated carbocycles. The number of halogens is 1. The SMILES string of the molecule is Cc1cscc1Cn1cc(Cl)cc1C(=O)O. The summed E-state index contributed by atoms with van der Waals surface area (Å²) in [6, 6.07) is 1.46. The molecule has 0 fully saturated rings. The summed E-state index contributed by atoms with van der Waals surface area (Å²) in [6.07, 6.45) is 1.64. The Labute approximate surface area is 102 Å². The highest BCUT2D eigenvalue weighted by atomic mass is 35.5. The molecular formula is C11H10ClNO2S. The number of aromatic carboxylic acids is 1. The van der Waals surface area contributed by atoms with E-state index in [0.29, 0.717) is 11.6 Å².